The van der Waals surface area contributed by atoms with Crippen molar-refractivity contribution < 1.29 is 14.3 Å². The number of amides is 1. The second-order valence-corrected chi connectivity index (χ2v) is 6.58. The average Bonchev–Trinajstić information content (AvgIpc) is 2.62. The molecule has 0 spiro atoms. The lowest BCUT2D eigenvalue weighted by molar-refractivity contribution is -0.111. The predicted octanol–water partition coefficient (Wildman–Crippen LogP) is 5.08. The summed E-state index contributed by atoms with van der Waals surface area (Å²) < 4.78 is 11.2. The van der Waals surface area contributed by atoms with Crippen LogP contribution in [0.4, 0.5) is 5.69 Å². The van der Waals surface area contributed by atoms with E-state index in [1.807, 2.05) is 49.4 Å². The van der Waals surface area contributed by atoms with Crippen LogP contribution in [0.3, 0.4) is 0 Å². The molecular formula is C22H27NO3. The van der Waals surface area contributed by atoms with Crippen molar-refractivity contribution in [2.75, 3.05) is 19.0 Å². The molecule has 2 aromatic rings. The van der Waals surface area contributed by atoms with Crippen LogP contribution >= 0.6 is 0 Å². The lowest BCUT2D eigenvalue weighted by Crippen LogP contribution is -2.08. The lowest BCUT2D eigenvalue weighted by atomic mass is 10.1. The maximum absolute atomic E-state index is 12.1. The number of hydrogen-bond acceptors (Lipinski definition) is 3. The number of carbonyl (C=O) groups is 1. The summed E-state index contributed by atoms with van der Waals surface area (Å²) in [4.78, 5) is 12.1. The first-order chi connectivity index (χ1) is 12.5. The first-order valence-corrected chi connectivity index (χ1v) is 8.85. The molecule has 2 aromatic carbocycles. The maximum Gasteiger partial charge on any atom is 0.248 e. The van der Waals surface area contributed by atoms with Crippen LogP contribution in [0.1, 0.15) is 31.4 Å². The van der Waals surface area contributed by atoms with Gasteiger partial charge in [-0.15, -0.1) is 0 Å². The highest BCUT2D eigenvalue weighted by atomic mass is 16.5. The van der Waals surface area contributed by atoms with E-state index in [-0.39, 0.29) is 5.91 Å². The van der Waals surface area contributed by atoms with Gasteiger partial charge in [0.05, 0.1) is 13.7 Å². The van der Waals surface area contributed by atoms with Gasteiger partial charge in [0.25, 0.3) is 0 Å². The van der Waals surface area contributed by atoms with Crippen molar-refractivity contribution in [1.29, 1.82) is 0 Å². The summed E-state index contributed by atoms with van der Waals surface area (Å²) in [6.07, 6.45) is 4.26. The van der Waals surface area contributed by atoms with Gasteiger partial charge in [0.1, 0.15) is 0 Å². The third-order valence-corrected chi connectivity index (χ3v) is 3.97. The second kappa shape index (κ2) is 9.66. The van der Waals surface area contributed by atoms with Gasteiger partial charge in [-0.1, -0.05) is 38.1 Å². The molecule has 0 saturated heterocycles. The van der Waals surface area contributed by atoms with Crippen molar-refractivity contribution in [3.8, 4) is 11.5 Å². The Hall–Kier alpha value is -2.75. The van der Waals surface area contributed by atoms with E-state index in [2.05, 4.69) is 19.2 Å². The molecule has 1 amide bonds. The van der Waals surface area contributed by atoms with E-state index in [0.717, 1.165) is 29.0 Å². The zero-order valence-corrected chi connectivity index (χ0v) is 15.9. The first-order valence-electron chi connectivity index (χ1n) is 8.85. The number of hydrogen-bond donors (Lipinski definition) is 1. The predicted molar refractivity (Wildman–Crippen MR) is 107 cm³/mol. The van der Waals surface area contributed by atoms with E-state index < -0.39 is 0 Å². The van der Waals surface area contributed by atoms with Crippen LogP contribution in [0, 0.1) is 12.8 Å². The molecule has 26 heavy (non-hydrogen) atoms. The normalized spacial score (nSPS) is 11.0. The van der Waals surface area contributed by atoms with Gasteiger partial charge in [0.2, 0.25) is 5.91 Å². The Bertz CT molecular complexity index is 766. The molecule has 2 rings (SSSR count). The number of aryl methyl sites for hydroxylation is 1. The van der Waals surface area contributed by atoms with Crippen LogP contribution in [0.2, 0.25) is 0 Å². The molecule has 4 nitrogen and oxygen atoms in total. The lowest BCUT2D eigenvalue weighted by Gasteiger charge is -2.12. The molecule has 0 fully saturated rings. The first kappa shape index (κ1) is 19.6. The average molecular weight is 353 g/mol. The number of methoxy groups -OCH3 is 1. The van der Waals surface area contributed by atoms with Crippen molar-refractivity contribution in [1.82, 2.24) is 0 Å². The van der Waals surface area contributed by atoms with E-state index in [1.54, 1.807) is 13.2 Å². The third-order valence-electron chi connectivity index (χ3n) is 3.97. The Morgan fingerprint density at radius 2 is 1.92 bits per heavy atom. The van der Waals surface area contributed by atoms with E-state index in [1.165, 1.54) is 6.08 Å². The van der Waals surface area contributed by atoms with Crippen molar-refractivity contribution in [2.45, 2.75) is 27.2 Å². The smallest absolute Gasteiger partial charge is 0.248 e. The Labute approximate surface area is 155 Å². The molecule has 0 heterocycles. The van der Waals surface area contributed by atoms with Crippen molar-refractivity contribution in [2.24, 2.45) is 5.92 Å². The van der Waals surface area contributed by atoms with Gasteiger partial charge in [-0.05, 0) is 54.7 Å². The number of benzene rings is 2. The van der Waals surface area contributed by atoms with Crippen molar-refractivity contribution >= 4 is 17.7 Å². The summed E-state index contributed by atoms with van der Waals surface area (Å²) in [6.45, 7) is 6.94. The summed E-state index contributed by atoms with van der Waals surface area (Å²) in [6, 6.07) is 13.3. The molecule has 0 aliphatic heterocycles. The number of para-hydroxylation sites is 1. The fourth-order valence-electron chi connectivity index (χ4n) is 2.37. The number of ether oxygens (including phenoxy) is 2. The monoisotopic (exact) mass is 353 g/mol. The van der Waals surface area contributed by atoms with Crippen LogP contribution in [0.15, 0.2) is 48.5 Å². The molecule has 0 aliphatic carbocycles. The van der Waals surface area contributed by atoms with Crippen molar-refractivity contribution in [3.05, 3.63) is 59.7 Å². The molecule has 0 bridgehead atoms. The number of nitrogens with one attached hydrogen (secondary N) is 1. The zero-order chi connectivity index (χ0) is 18.9. The molecule has 4 heteroatoms. The topological polar surface area (TPSA) is 47.6 Å². The molecule has 138 valence electrons. The van der Waals surface area contributed by atoms with Crippen LogP contribution in [-0.2, 0) is 4.79 Å². The summed E-state index contributed by atoms with van der Waals surface area (Å²) in [5.41, 5.74) is 2.71. The van der Waals surface area contributed by atoms with Crippen LogP contribution in [0.25, 0.3) is 6.08 Å². The van der Waals surface area contributed by atoms with E-state index in [9.17, 15) is 4.79 Å². The third kappa shape index (κ3) is 5.96. The number of anilines is 1. The van der Waals surface area contributed by atoms with Crippen LogP contribution in [-0.4, -0.2) is 19.6 Å². The standard InChI is InChI=1S/C22H27NO3/c1-16(2)13-14-26-20-11-9-18(15-21(20)25-4)10-12-22(24)23-19-8-6-5-7-17(19)3/h5-12,15-16H,13-14H2,1-4H3,(H,23,24). The molecule has 0 radical (unpaired) electrons. The van der Waals surface area contributed by atoms with Gasteiger partial charge in [0.15, 0.2) is 11.5 Å². The minimum Gasteiger partial charge on any atom is -0.493 e. The second-order valence-electron chi connectivity index (χ2n) is 6.58. The molecule has 0 aliphatic rings. The number of carbonyl (C=O) groups excluding carboxylic acids is 1. The molecule has 0 saturated carbocycles. The molecule has 0 aromatic heterocycles. The fraction of sp³-hybridized carbons (Fsp3) is 0.318. The van der Waals surface area contributed by atoms with E-state index in [4.69, 9.17) is 9.47 Å². The highest BCUT2D eigenvalue weighted by molar-refractivity contribution is 6.02. The van der Waals surface area contributed by atoms with Gasteiger partial charge < -0.3 is 14.8 Å². The number of rotatable bonds is 8. The van der Waals surface area contributed by atoms with E-state index in [0.29, 0.717) is 18.3 Å². The Kier molecular flexibility index (Phi) is 7.27. The van der Waals surface area contributed by atoms with Gasteiger partial charge in [-0.2, -0.15) is 0 Å². The van der Waals surface area contributed by atoms with Gasteiger partial charge in [0, 0.05) is 11.8 Å². The Morgan fingerprint density at radius 1 is 1.15 bits per heavy atom. The van der Waals surface area contributed by atoms with Gasteiger partial charge in [-0.25, -0.2) is 0 Å². The quantitative estimate of drug-likeness (QED) is 0.673. The highest BCUT2D eigenvalue weighted by Crippen LogP contribution is 2.29. The summed E-state index contributed by atoms with van der Waals surface area (Å²) >= 11 is 0. The molecule has 0 atom stereocenters. The molecule has 0 unspecified atom stereocenters. The summed E-state index contributed by atoms with van der Waals surface area (Å²) in [5, 5.41) is 2.88. The Balaban J connectivity index is 2.01. The Morgan fingerprint density at radius 3 is 2.62 bits per heavy atom. The minimum absolute atomic E-state index is 0.171. The maximum atomic E-state index is 12.1. The molecular weight excluding hydrogens is 326 g/mol. The minimum atomic E-state index is -0.171. The van der Waals surface area contributed by atoms with Crippen molar-refractivity contribution in [3.63, 3.8) is 0 Å². The fourth-order valence-corrected chi connectivity index (χ4v) is 2.37. The SMILES string of the molecule is COc1cc(C=CC(=O)Nc2ccccc2C)ccc1OCCC(C)C. The highest BCUT2D eigenvalue weighted by Gasteiger charge is 2.06. The summed E-state index contributed by atoms with van der Waals surface area (Å²) in [5.74, 6) is 1.80. The van der Waals surface area contributed by atoms with E-state index >= 15 is 0 Å². The van der Waals surface area contributed by atoms with Gasteiger partial charge in [-0.3, -0.25) is 4.79 Å². The molecule has 1 N–H and O–H groups in total. The van der Waals surface area contributed by atoms with Crippen LogP contribution < -0.4 is 14.8 Å². The summed E-state index contributed by atoms with van der Waals surface area (Å²) in [7, 11) is 1.61. The van der Waals surface area contributed by atoms with Crippen LogP contribution in [0.5, 0.6) is 11.5 Å². The zero-order valence-electron chi connectivity index (χ0n) is 15.9. The van der Waals surface area contributed by atoms with Gasteiger partial charge >= 0.3 is 0 Å². The largest absolute Gasteiger partial charge is 0.493 e.